The summed E-state index contributed by atoms with van der Waals surface area (Å²) in [4.78, 5) is 78.7. The Morgan fingerprint density at radius 2 is 1.81 bits per heavy atom. The number of amides is 4. The van der Waals surface area contributed by atoms with Crippen LogP contribution >= 0.6 is 0 Å². The number of hydrazine groups is 1. The Labute approximate surface area is 391 Å². The van der Waals surface area contributed by atoms with E-state index in [0.717, 1.165) is 44.5 Å². The summed E-state index contributed by atoms with van der Waals surface area (Å²) in [7, 11) is 1.69. The van der Waals surface area contributed by atoms with Gasteiger partial charge in [-0.15, -0.1) is 0 Å². The number of nitrogens with one attached hydrogen (secondary N) is 2. The number of aromatic nitrogens is 2. The lowest BCUT2D eigenvalue weighted by Gasteiger charge is -2.42. The minimum Gasteiger partial charge on any atom is -0.508 e. The molecule has 3 N–H and O–H groups in total. The number of carbonyl (C=O) groups excluding carboxylic acids is 5. The second kappa shape index (κ2) is 17.9. The Morgan fingerprint density at radius 3 is 2.52 bits per heavy atom. The average molecular weight is 914 g/mol. The fourth-order valence-electron chi connectivity index (χ4n) is 11.8. The Bertz CT molecular complexity index is 2650. The van der Waals surface area contributed by atoms with E-state index in [-0.39, 0.29) is 49.0 Å². The summed E-state index contributed by atoms with van der Waals surface area (Å²) >= 11 is 0. The quantitative estimate of drug-likeness (QED) is 0.147. The number of rotatable bonds is 7. The van der Waals surface area contributed by atoms with Gasteiger partial charge < -0.3 is 34.3 Å². The Balaban J connectivity index is 1.11. The molecule has 4 aliphatic heterocycles. The molecule has 15 heteroatoms. The van der Waals surface area contributed by atoms with Gasteiger partial charge in [0.15, 0.2) is 0 Å². The van der Waals surface area contributed by atoms with Crippen molar-refractivity contribution in [3.63, 3.8) is 0 Å². The van der Waals surface area contributed by atoms with Crippen LogP contribution in [0.3, 0.4) is 0 Å². The fraction of sp³-hybridized carbons (Fsp3) is 0.500. The molecular weight excluding hydrogens is 851 g/mol. The van der Waals surface area contributed by atoms with Crippen LogP contribution < -0.4 is 10.7 Å². The third-order valence-electron chi connectivity index (χ3n) is 15.2. The molecule has 2 aromatic carbocycles. The molecule has 4 aromatic rings. The van der Waals surface area contributed by atoms with Gasteiger partial charge in [0, 0.05) is 80.3 Å². The predicted octanol–water partition coefficient (Wildman–Crippen LogP) is 6.04. The van der Waals surface area contributed by atoms with Gasteiger partial charge in [0.05, 0.1) is 23.4 Å². The van der Waals surface area contributed by atoms with Gasteiger partial charge in [-0.3, -0.25) is 34.0 Å². The number of carbonyl (C=O) groups is 5. The molecule has 5 atom stereocenters. The molecule has 1 unspecified atom stereocenters. The molecule has 3 saturated heterocycles. The summed E-state index contributed by atoms with van der Waals surface area (Å²) in [6.07, 6.45) is 5.12. The van der Waals surface area contributed by atoms with Crippen molar-refractivity contribution >= 4 is 40.5 Å². The maximum absolute atomic E-state index is 14.9. The number of ether oxygens (including phenoxy) is 2. The first-order valence-corrected chi connectivity index (χ1v) is 23.8. The zero-order valence-electron chi connectivity index (χ0n) is 39.5. The van der Waals surface area contributed by atoms with Crippen LogP contribution in [-0.2, 0) is 46.4 Å². The number of hydrogen-bond donors (Lipinski definition) is 3. The van der Waals surface area contributed by atoms with Crippen molar-refractivity contribution in [2.75, 3.05) is 39.9 Å². The smallest absolute Gasteiger partial charge is 0.324 e. The van der Waals surface area contributed by atoms with Crippen LogP contribution in [-0.4, -0.2) is 117 Å². The number of phenolic OH excluding ortho intramolecular Hbond substituents is 1. The van der Waals surface area contributed by atoms with Crippen molar-refractivity contribution in [2.24, 2.45) is 16.7 Å². The van der Waals surface area contributed by atoms with Gasteiger partial charge in [-0.25, -0.2) is 5.43 Å². The minimum absolute atomic E-state index is 0.00101. The van der Waals surface area contributed by atoms with Gasteiger partial charge in [0.2, 0.25) is 17.7 Å². The molecule has 6 heterocycles. The number of cyclic esters (lactones) is 1. The molecule has 6 bridgehead atoms. The third kappa shape index (κ3) is 8.07. The van der Waals surface area contributed by atoms with Crippen molar-refractivity contribution in [1.29, 1.82) is 0 Å². The molecule has 3 fully saturated rings. The van der Waals surface area contributed by atoms with E-state index in [1.54, 1.807) is 35.2 Å². The number of piperidine rings is 1. The van der Waals surface area contributed by atoms with Gasteiger partial charge >= 0.3 is 5.97 Å². The number of hydrogen-bond acceptors (Lipinski definition) is 10. The van der Waals surface area contributed by atoms with Crippen LogP contribution in [0.1, 0.15) is 95.6 Å². The summed E-state index contributed by atoms with van der Waals surface area (Å²) in [5, 5.41) is 16.9. The minimum atomic E-state index is -1.14. The second-order valence-corrected chi connectivity index (χ2v) is 20.1. The number of esters is 1. The molecule has 15 nitrogen and oxygen atoms in total. The van der Waals surface area contributed by atoms with Crippen molar-refractivity contribution in [3.05, 3.63) is 84.2 Å². The molecule has 9 rings (SSSR count). The molecule has 0 saturated carbocycles. The summed E-state index contributed by atoms with van der Waals surface area (Å²) in [5.41, 5.74) is 8.89. The van der Waals surface area contributed by atoms with E-state index in [2.05, 4.69) is 60.9 Å². The highest BCUT2D eigenvalue weighted by molar-refractivity contribution is 5.98. The van der Waals surface area contributed by atoms with Gasteiger partial charge in [0.1, 0.15) is 30.0 Å². The van der Waals surface area contributed by atoms with E-state index in [9.17, 15) is 29.1 Å². The summed E-state index contributed by atoms with van der Waals surface area (Å²) in [6.45, 7) is 15.9. The van der Waals surface area contributed by atoms with E-state index in [4.69, 9.17) is 14.5 Å². The number of aromatic hydroxyl groups is 1. The number of aryl methyl sites for hydroxylation is 1. The fourth-order valence-corrected chi connectivity index (χ4v) is 11.8. The second-order valence-electron chi connectivity index (χ2n) is 20.1. The first kappa shape index (κ1) is 46.1. The monoisotopic (exact) mass is 913 g/mol. The topological polar surface area (TPSA) is 176 Å². The van der Waals surface area contributed by atoms with Gasteiger partial charge in [0.25, 0.3) is 5.91 Å². The molecule has 0 radical (unpaired) electrons. The van der Waals surface area contributed by atoms with Crippen LogP contribution in [0.5, 0.6) is 5.75 Å². The number of fused-ring (bicyclic) bond motifs is 8. The lowest BCUT2D eigenvalue weighted by molar-refractivity contribution is -0.156. The van der Waals surface area contributed by atoms with Crippen molar-refractivity contribution in [3.8, 4) is 28.1 Å². The summed E-state index contributed by atoms with van der Waals surface area (Å²) in [5.74, 6) is -2.29. The maximum Gasteiger partial charge on any atom is 0.324 e. The molecule has 1 spiro atoms. The zero-order chi connectivity index (χ0) is 47.5. The highest BCUT2D eigenvalue weighted by atomic mass is 16.5. The number of nitrogens with zero attached hydrogens (tertiary/aromatic N) is 5. The molecule has 2 aromatic heterocycles. The van der Waals surface area contributed by atoms with Crippen LogP contribution in [0.15, 0.2) is 67.4 Å². The number of phenols is 1. The van der Waals surface area contributed by atoms with Crippen LogP contribution in [0.25, 0.3) is 33.3 Å². The van der Waals surface area contributed by atoms with Gasteiger partial charge in [-0.1, -0.05) is 46.4 Å². The maximum atomic E-state index is 14.9. The van der Waals surface area contributed by atoms with Crippen molar-refractivity contribution in [1.82, 2.24) is 35.1 Å². The van der Waals surface area contributed by atoms with E-state index >= 15 is 0 Å². The number of methoxy groups -OCH3 is 1. The summed E-state index contributed by atoms with van der Waals surface area (Å²) < 4.78 is 14.9. The largest absolute Gasteiger partial charge is 0.508 e. The molecule has 4 amide bonds. The Hall–Kier alpha value is -6.06. The van der Waals surface area contributed by atoms with E-state index in [1.807, 2.05) is 32.0 Å². The highest BCUT2D eigenvalue weighted by Gasteiger charge is 2.52. The summed E-state index contributed by atoms with van der Waals surface area (Å²) in [6, 6.07) is 12.7. The van der Waals surface area contributed by atoms with Crippen molar-refractivity contribution < 1.29 is 38.6 Å². The standard InChI is InChI=1S/C52H63N7O8/c1-8-40(61)56-21-16-52(17-22-56)18-23-58(50(52)65)44(30(3)4)47(62)54-38-26-31-24-33(27-34(60)25-31)32-14-15-39-36(28-32)41-42(46(66-7)43-35(12-10-19-53-43)45(41)57(39)9-2)51(5,6)29-67-49(64)37-13-11-20-59(55-37)48(38)63/h8,10,12,14-15,19,24-25,27-28,30,37-38,42,44,46,55,60H,1,9,11,13,16-18,20-23,26,29H2,2-7H3,(H,54,62)/t37-,38-,42?,44-,46-/m0/s1. The van der Waals surface area contributed by atoms with Crippen molar-refractivity contribution in [2.45, 2.75) is 110 Å². The number of likely N-dealkylation sites (tertiary alicyclic amines) is 2. The average Bonchev–Trinajstić information content (AvgIpc) is 3.81. The molecule has 5 aliphatic rings. The molecule has 67 heavy (non-hydrogen) atoms. The molecule has 1 aliphatic carbocycles. The number of benzene rings is 2. The van der Waals surface area contributed by atoms with Crippen LogP contribution in [0.4, 0.5) is 0 Å². The normalized spacial score (nSPS) is 24.0. The molecular formula is C52H63N7O8. The first-order valence-electron chi connectivity index (χ1n) is 23.8. The lowest BCUT2D eigenvalue weighted by atomic mass is 9.67. The predicted molar refractivity (Wildman–Crippen MR) is 252 cm³/mol. The van der Waals surface area contributed by atoms with E-state index in [0.29, 0.717) is 63.8 Å². The third-order valence-corrected chi connectivity index (χ3v) is 15.2. The highest BCUT2D eigenvalue weighted by Crippen LogP contribution is 2.57. The van der Waals surface area contributed by atoms with E-state index in [1.165, 1.54) is 11.1 Å². The lowest BCUT2D eigenvalue weighted by Crippen LogP contribution is -2.62. The van der Waals surface area contributed by atoms with Crippen LogP contribution in [0.2, 0.25) is 0 Å². The van der Waals surface area contributed by atoms with Gasteiger partial charge in [-0.05, 0) is 110 Å². The van der Waals surface area contributed by atoms with Crippen LogP contribution in [0, 0.1) is 16.7 Å². The van der Waals surface area contributed by atoms with E-state index < -0.39 is 52.8 Å². The zero-order valence-corrected chi connectivity index (χ0v) is 39.5. The Kier molecular flexibility index (Phi) is 12.3. The van der Waals surface area contributed by atoms with Gasteiger partial charge in [-0.2, -0.15) is 0 Å². The number of pyridine rings is 1. The SMILES string of the molecule is C=CC(=O)N1CCC2(CC1)CCN([C@H](C(=O)N[C@H]1Cc3cc(O)cc(c3)-c3ccc4c(c3)c3c(n4CC)-c4cccnc4[C@@H](OC)C3C(C)(C)COC(=O)[C@@H]3CCCN(N3)C1=O)C(C)C)C2=O. The first-order chi connectivity index (χ1) is 32.1. The Morgan fingerprint density at radius 1 is 1.04 bits per heavy atom. The molecule has 354 valence electrons.